The van der Waals surface area contributed by atoms with Gasteiger partial charge in [0.15, 0.2) is 10.9 Å². The highest BCUT2D eigenvalue weighted by molar-refractivity contribution is 7.13. The third-order valence-corrected chi connectivity index (χ3v) is 4.67. The van der Waals surface area contributed by atoms with E-state index >= 15 is 0 Å². The molecule has 0 aromatic carbocycles. The average Bonchev–Trinajstić information content (AvgIpc) is 3.24. The molecular formula is C15H18N4O3S. The predicted octanol–water partition coefficient (Wildman–Crippen LogP) is 1.12. The van der Waals surface area contributed by atoms with Crippen LogP contribution in [0.2, 0.25) is 0 Å². The van der Waals surface area contributed by atoms with E-state index < -0.39 is 0 Å². The molecule has 23 heavy (non-hydrogen) atoms. The van der Waals surface area contributed by atoms with Crippen molar-refractivity contribution in [3.8, 4) is 0 Å². The number of hydrogen-bond donors (Lipinski definition) is 1. The summed E-state index contributed by atoms with van der Waals surface area (Å²) in [6.07, 6.45) is 1.43. The topological polar surface area (TPSA) is 78.7 Å². The number of nitrogens with zero attached hydrogens (tertiary/aromatic N) is 3. The summed E-state index contributed by atoms with van der Waals surface area (Å²) in [5, 5.41) is 5.61. The number of thiazole rings is 1. The second-order valence-electron chi connectivity index (χ2n) is 5.30. The van der Waals surface area contributed by atoms with Crippen molar-refractivity contribution in [2.24, 2.45) is 0 Å². The van der Waals surface area contributed by atoms with Crippen LogP contribution in [0.25, 0.3) is 0 Å². The molecule has 0 aliphatic carbocycles. The molecule has 1 aliphatic rings. The molecule has 1 N–H and O–H groups in total. The van der Waals surface area contributed by atoms with Crippen molar-refractivity contribution in [1.29, 1.82) is 0 Å². The fourth-order valence-corrected chi connectivity index (χ4v) is 3.25. The molecule has 1 aliphatic heterocycles. The second-order valence-corrected chi connectivity index (χ2v) is 6.14. The molecule has 0 saturated carbocycles. The Morgan fingerprint density at radius 1 is 1.35 bits per heavy atom. The molecule has 0 spiro atoms. The van der Waals surface area contributed by atoms with E-state index in [9.17, 15) is 9.59 Å². The Hall–Kier alpha value is -2.35. The van der Waals surface area contributed by atoms with E-state index in [1.807, 2.05) is 12.3 Å². The molecule has 2 aromatic rings. The van der Waals surface area contributed by atoms with Gasteiger partial charge in [0.1, 0.15) is 0 Å². The van der Waals surface area contributed by atoms with Crippen LogP contribution in [0.3, 0.4) is 0 Å². The smallest absolute Gasteiger partial charge is 0.287 e. The van der Waals surface area contributed by atoms with Crippen LogP contribution < -0.4 is 10.2 Å². The van der Waals surface area contributed by atoms with Gasteiger partial charge in [-0.25, -0.2) is 4.98 Å². The van der Waals surface area contributed by atoms with Gasteiger partial charge in [0, 0.05) is 31.6 Å². The van der Waals surface area contributed by atoms with Crippen molar-refractivity contribution in [1.82, 2.24) is 15.2 Å². The number of carbonyl (C=O) groups is 2. The zero-order chi connectivity index (χ0) is 16.2. The third-order valence-electron chi connectivity index (χ3n) is 3.65. The van der Waals surface area contributed by atoms with Crippen LogP contribution in [0, 0.1) is 6.92 Å². The minimum absolute atomic E-state index is 0.0180. The molecule has 3 heterocycles. The summed E-state index contributed by atoms with van der Waals surface area (Å²) < 4.78 is 4.99. The monoisotopic (exact) mass is 334 g/mol. The lowest BCUT2D eigenvalue weighted by Crippen LogP contribution is -2.51. The zero-order valence-corrected chi connectivity index (χ0v) is 13.6. The highest BCUT2D eigenvalue weighted by Gasteiger charge is 2.23. The summed E-state index contributed by atoms with van der Waals surface area (Å²) in [4.78, 5) is 32.3. The first-order chi connectivity index (χ1) is 11.1. The number of amides is 2. The van der Waals surface area contributed by atoms with Crippen LogP contribution in [0.5, 0.6) is 0 Å². The van der Waals surface area contributed by atoms with Gasteiger partial charge < -0.3 is 19.5 Å². The quantitative estimate of drug-likeness (QED) is 0.906. The number of hydrogen-bond acceptors (Lipinski definition) is 6. The molecule has 0 bridgehead atoms. The van der Waals surface area contributed by atoms with Gasteiger partial charge in [-0.3, -0.25) is 9.59 Å². The van der Waals surface area contributed by atoms with Gasteiger partial charge in [0.05, 0.1) is 18.5 Å². The highest BCUT2D eigenvalue weighted by atomic mass is 32.1. The molecule has 1 fully saturated rings. The van der Waals surface area contributed by atoms with Crippen LogP contribution in [0.1, 0.15) is 16.2 Å². The molecule has 2 aromatic heterocycles. The summed E-state index contributed by atoms with van der Waals surface area (Å²) >= 11 is 1.62. The summed E-state index contributed by atoms with van der Waals surface area (Å²) in [5.74, 6) is -0.248. The van der Waals surface area contributed by atoms with E-state index in [1.54, 1.807) is 28.4 Å². The number of aryl methyl sites for hydroxylation is 1. The Kier molecular flexibility index (Phi) is 4.61. The molecular weight excluding hydrogens is 316 g/mol. The Labute approximate surface area is 137 Å². The number of carbonyl (C=O) groups excluding carboxylic acids is 2. The Morgan fingerprint density at radius 3 is 2.74 bits per heavy atom. The van der Waals surface area contributed by atoms with E-state index in [2.05, 4.69) is 15.2 Å². The third kappa shape index (κ3) is 3.70. The van der Waals surface area contributed by atoms with Gasteiger partial charge in [-0.15, -0.1) is 11.3 Å². The van der Waals surface area contributed by atoms with Crippen molar-refractivity contribution in [2.45, 2.75) is 6.92 Å². The van der Waals surface area contributed by atoms with Crippen LogP contribution in [-0.4, -0.2) is 54.4 Å². The standard InChI is InChI=1S/C15H18N4O3S/c1-11-10-23-15(17-11)19-6-4-18(5-7-19)13(20)9-16-14(21)12-3-2-8-22-12/h2-3,8,10H,4-7,9H2,1H3,(H,16,21). The number of furan rings is 1. The lowest BCUT2D eigenvalue weighted by molar-refractivity contribution is -0.130. The lowest BCUT2D eigenvalue weighted by Gasteiger charge is -2.34. The van der Waals surface area contributed by atoms with Crippen molar-refractivity contribution in [3.63, 3.8) is 0 Å². The van der Waals surface area contributed by atoms with E-state index in [1.165, 1.54) is 6.26 Å². The van der Waals surface area contributed by atoms with Crippen molar-refractivity contribution in [3.05, 3.63) is 35.2 Å². The fraction of sp³-hybridized carbons (Fsp3) is 0.400. The van der Waals surface area contributed by atoms with Crippen molar-refractivity contribution in [2.75, 3.05) is 37.6 Å². The Balaban J connectivity index is 1.46. The van der Waals surface area contributed by atoms with Crippen LogP contribution in [0.15, 0.2) is 28.2 Å². The van der Waals surface area contributed by atoms with Crippen LogP contribution in [0.4, 0.5) is 5.13 Å². The van der Waals surface area contributed by atoms with Gasteiger partial charge in [-0.1, -0.05) is 0 Å². The van der Waals surface area contributed by atoms with Crippen LogP contribution in [-0.2, 0) is 4.79 Å². The Morgan fingerprint density at radius 2 is 2.13 bits per heavy atom. The lowest BCUT2D eigenvalue weighted by atomic mass is 10.3. The van der Waals surface area contributed by atoms with Gasteiger partial charge in [-0.2, -0.15) is 0 Å². The van der Waals surface area contributed by atoms with E-state index in [0.717, 1.165) is 23.9 Å². The maximum Gasteiger partial charge on any atom is 0.287 e. The van der Waals surface area contributed by atoms with E-state index in [4.69, 9.17) is 4.42 Å². The Bertz CT molecular complexity index is 675. The molecule has 0 radical (unpaired) electrons. The van der Waals surface area contributed by atoms with Gasteiger partial charge >= 0.3 is 0 Å². The number of rotatable bonds is 4. The molecule has 1 saturated heterocycles. The largest absolute Gasteiger partial charge is 0.459 e. The van der Waals surface area contributed by atoms with E-state index in [0.29, 0.717) is 13.1 Å². The first kappa shape index (κ1) is 15.5. The second kappa shape index (κ2) is 6.82. The maximum absolute atomic E-state index is 12.2. The van der Waals surface area contributed by atoms with E-state index in [-0.39, 0.29) is 24.1 Å². The molecule has 122 valence electrons. The average molecular weight is 334 g/mol. The molecule has 3 rings (SSSR count). The molecule has 8 heteroatoms. The molecule has 7 nitrogen and oxygen atoms in total. The first-order valence-corrected chi connectivity index (χ1v) is 8.28. The van der Waals surface area contributed by atoms with Crippen molar-refractivity contribution >= 4 is 28.3 Å². The molecule has 0 unspecified atom stereocenters. The molecule has 0 atom stereocenters. The van der Waals surface area contributed by atoms with Crippen molar-refractivity contribution < 1.29 is 14.0 Å². The summed E-state index contributed by atoms with van der Waals surface area (Å²) in [7, 11) is 0. The number of nitrogens with one attached hydrogen (secondary N) is 1. The van der Waals surface area contributed by atoms with Crippen LogP contribution >= 0.6 is 11.3 Å². The summed E-state index contributed by atoms with van der Waals surface area (Å²) in [6.45, 7) is 4.73. The van der Waals surface area contributed by atoms with Gasteiger partial charge in [-0.05, 0) is 19.1 Å². The SMILES string of the molecule is Cc1csc(N2CCN(C(=O)CNC(=O)c3ccco3)CC2)n1. The minimum atomic E-state index is -0.375. The first-order valence-electron chi connectivity index (χ1n) is 7.40. The van der Waals surface area contributed by atoms with Gasteiger partial charge in [0.25, 0.3) is 5.91 Å². The zero-order valence-electron chi connectivity index (χ0n) is 12.8. The normalized spacial score (nSPS) is 14.8. The number of aromatic nitrogens is 1. The van der Waals surface area contributed by atoms with Gasteiger partial charge in [0.2, 0.25) is 5.91 Å². The summed E-state index contributed by atoms with van der Waals surface area (Å²) in [5.41, 5.74) is 1.02. The number of anilines is 1. The number of piperazine rings is 1. The minimum Gasteiger partial charge on any atom is -0.459 e. The maximum atomic E-state index is 12.2. The fourth-order valence-electron chi connectivity index (χ4n) is 2.40. The molecule has 2 amide bonds. The summed E-state index contributed by atoms with van der Waals surface area (Å²) in [6, 6.07) is 3.20. The highest BCUT2D eigenvalue weighted by Crippen LogP contribution is 2.21. The predicted molar refractivity (Wildman–Crippen MR) is 86.7 cm³/mol.